The summed E-state index contributed by atoms with van der Waals surface area (Å²) in [4.78, 5) is 60.4. The fourth-order valence-corrected chi connectivity index (χ4v) is 10.0. The number of hydrazine groups is 1. The highest BCUT2D eigenvalue weighted by atomic mass is 35.5. The molecule has 4 amide bonds. The Balaban J connectivity index is 1.12. The van der Waals surface area contributed by atoms with Crippen LogP contribution in [0.25, 0.3) is 12.2 Å². The number of imide groups is 2. The molecule has 2 aliphatic heterocycles. The number of nitrogens with one attached hydrogen (secondary N) is 1. The number of hydrogen-bond donors (Lipinski definition) is 2. The molecule has 5 aromatic carbocycles. The van der Waals surface area contributed by atoms with E-state index in [1.54, 1.807) is 74.9 Å². The predicted octanol–water partition coefficient (Wildman–Crippen LogP) is 8.70. The summed E-state index contributed by atoms with van der Waals surface area (Å²) >= 11 is 6.35. The number of phenols is 1. The van der Waals surface area contributed by atoms with Gasteiger partial charge in [-0.3, -0.25) is 29.5 Å². The van der Waals surface area contributed by atoms with E-state index in [1.165, 1.54) is 41.3 Å². The molecule has 6 unspecified atom stereocenters. The molecule has 4 aliphatic rings. The minimum atomic E-state index is -1.78. The number of halogens is 3. The maximum Gasteiger partial charge on any atom is 0.260 e. The van der Waals surface area contributed by atoms with Crippen LogP contribution in [0.15, 0.2) is 121 Å². The van der Waals surface area contributed by atoms with Crippen LogP contribution < -0.4 is 19.8 Å². The molecule has 0 bridgehead atoms. The van der Waals surface area contributed by atoms with Crippen LogP contribution in [0.5, 0.6) is 17.2 Å². The van der Waals surface area contributed by atoms with Gasteiger partial charge >= 0.3 is 0 Å². The van der Waals surface area contributed by atoms with Gasteiger partial charge < -0.3 is 14.6 Å². The first kappa shape index (κ1) is 39.7. The Bertz CT molecular complexity index is 2670. The highest BCUT2D eigenvalue weighted by Gasteiger charge is 2.70. The molecule has 1 saturated carbocycles. The number of phenolic OH excluding ortho intramolecular Hbond substituents is 1. The zero-order valence-corrected chi connectivity index (χ0v) is 33.6. The van der Waals surface area contributed by atoms with Crippen molar-refractivity contribution in [1.82, 2.24) is 5.01 Å². The van der Waals surface area contributed by atoms with Crippen LogP contribution in [-0.2, 0) is 24.6 Å². The number of amides is 4. The minimum absolute atomic E-state index is 0.0291. The minimum Gasteiger partial charge on any atom is -0.505 e. The topological polar surface area (TPSA) is 125 Å². The van der Waals surface area contributed by atoms with E-state index in [2.05, 4.69) is 5.43 Å². The summed E-state index contributed by atoms with van der Waals surface area (Å²) in [5.74, 6) is -7.87. The number of rotatable bonds is 9. The average Bonchev–Trinajstić information content (AvgIpc) is 3.65. The van der Waals surface area contributed by atoms with Crippen molar-refractivity contribution in [3.8, 4) is 17.2 Å². The summed E-state index contributed by atoms with van der Waals surface area (Å²) in [6.07, 6.45) is 5.65. The molecule has 5 aromatic rings. The molecule has 13 heteroatoms. The maximum atomic E-state index is 15.4. The Kier molecular flexibility index (Phi) is 9.98. The average molecular weight is 842 g/mol. The molecule has 308 valence electrons. The molecule has 3 fully saturated rings. The quantitative estimate of drug-likeness (QED) is 0.0859. The normalized spacial score (nSPS) is 24.4. The van der Waals surface area contributed by atoms with Gasteiger partial charge in [0.05, 0.1) is 48.8 Å². The van der Waals surface area contributed by atoms with Gasteiger partial charge in [0, 0.05) is 22.1 Å². The number of methoxy groups -OCH3 is 2. The monoisotopic (exact) mass is 841 g/mol. The molecule has 0 aromatic heterocycles. The third-order valence-electron chi connectivity index (χ3n) is 12.6. The number of allylic oxidation sites excluding steroid dienone is 2. The molecule has 10 nitrogen and oxygen atoms in total. The molecule has 6 atom stereocenters. The van der Waals surface area contributed by atoms with Gasteiger partial charge in [-0.25, -0.2) is 8.78 Å². The lowest BCUT2D eigenvalue weighted by molar-refractivity contribution is -0.138. The predicted molar refractivity (Wildman–Crippen MR) is 224 cm³/mol. The highest BCUT2D eigenvalue weighted by molar-refractivity contribution is 6.30. The van der Waals surface area contributed by atoms with E-state index in [4.69, 9.17) is 21.1 Å². The van der Waals surface area contributed by atoms with Crippen molar-refractivity contribution in [2.75, 3.05) is 24.5 Å². The van der Waals surface area contributed by atoms with Gasteiger partial charge in [-0.05, 0) is 103 Å². The third-order valence-corrected chi connectivity index (χ3v) is 12.9. The first-order valence-corrected chi connectivity index (χ1v) is 20.1. The van der Waals surface area contributed by atoms with Crippen LogP contribution >= 0.6 is 11.6 Å². The standard InChI is InChI=1S/C48H38ClF2N3O7/c1-60-33-20-23-40(61-2)27(24-33)9-6-26-7-18-32(19-8-26)53-44(56)35-22-21-34-37(41(35)46(53)58)25-38-45(57)54(52-31-16-14-30(50)15-17-31)47(59)48(38,28-10-12-29(49)13-11-28)42(34)36-4-3-5-39(51)43(36)55/h3-21,23-24,35,37-38,41-42,52,55H,22,25H2,1-2H3. The number of ether oxygens (including phenoxy) is 2. The summed E-state index contributed by atoms with van der Waals surface area (Å²) in [6, 6.07) is 28.0. The van der Waals surface area contributed by atoms with Gasteiger partial charge in [0.2, 0.25) is 11.8 Å². The van der Waals surface area contributed by atoms with Gasteiger partial charge in [-0.15, -0.1) is 0 Å². The molecular formula is C48H38ClF2N3O7. The molecule has 61 heavy (non-hydrogen) atoms. The summed E-state index contributed by atoms with van der Waals surface area (Å²) < 4.78 is 40.2. The second kappa shape index (κ2) is 15.3. The molecule has 9 rings (SSSR count). The van der Waals surface area contributed by atoms with Crippen molar-refractivity contribution in [3.63, 3.8) is 0 Å². The van der Waals surface area contributed by atoms with Crippen LogP contribution in [0, 0.1) is 35.3 Å². The molecule has 0 spiro atoms. The molecule has 2 N–H and O–H groups in total. The van der Waals surface area contributed by atoms with Crippen molar-refractivity contribution in [2.24, 2.45) is 23.7 Å². The molecule has 2 aliphatic carbocycles. The number of hydrogen-bond acceptors (Lipinski definition) is 8. The van der Waals surface area contributed by atoms with Crippen LogP contribution in [-0.4, -0.2) is 48.0 Å². The number of nitrogens with zero attached hydrogens (tertiary/aromatic N) is 2. The second-order valence-electron chi connectivity index (χ2n) is 15.6. The van der Waals surface area contributed by atoms with Gasteiger partial charge in [0.15, 0.2) is 11.6 Å². The van der Waals surface area contributed by atoms with Crippen molar-refractivity contribution < 1.29 is 42.5 Å². The lowest BCUT2D eigenvalue weighted by Crippen LogP contribution is -2.53. The molecule has 0 radical (unpaired) electrons. The molecule has 2 heterocycles. The number of benzene rings is 5. The van der Waals surface area contributed by atoms with E-state index < -0.39 is 76.0 Å². The zero-order chi connectivity index (χ0) is 42.7. The van der Waals surface area contributed by atoms with E-state index >= 15 is 9.18 Å². The van der Waals surface area contributed by atoms with Crippen LogP contribution in [0.1, 0.15) is 41.0 Å². The van der Waals surface area contributed by atoms with E-state index in [9.17, 15) is 23.9 Å². The smallest absolute Gasteiger partial charge is 0.260 e. The molecule has 2 saturated heterocycles. The number of carbonyl (C=O) groups is 4. The number of para-hydroxylation sites is 1. The van der Waals surface area contributed by atoms with Crippen molar-refractivity contribution >= 4 is 58.8 Å². The number of aromatic hydroxyl groups is 1. The fourth-order valence-electron chi connectivity index (χ4n) is 9.91. The largest absolute Gasteiger partial charge is 0.505 e. The van der Waals surface area contributed by atoms with Gasteiger partial charge in [0.25, 0.3) is 11.8 Å². The van der Waals surface area contributed by atoms with Crippen LogP contribution in [0.2, 0.25) is 5.02 Å². The first-order chi connectivity index (χ1) is 29.5. The first-order valence-electron chi connectivity index (χ1n) is 19.7. The van der Waals surface area contributed by atoms with Crippen molar-refractivity contribution in [1.29, 1.82) is 0 Å². The summed E-state index contributed by atoms with van der Waals surface area (Å²) in [5.41, 5.74) is 4.26. The van der Waals surface area contributed by atoms with E-state index in [-0.39, 0.29) is 24.1 Å². The van der Waals surface area contributed by atoms with Crippen molar-refractivity contribution in [3.05, 3.63) is 160 Å². The van der Waals surface area contributed by atoms with Gasteiger partial charge in [-0.1, -0.05) is 71.8 Å². The van der Waals surface area contributed by atoms with Crippen LogP contribution in [0.4, 0.5) is 20.2 Å². The Hall–Kier alpha value is -6.79. The number of carbonyl (C=O) groups excluding carboxylic acids is 4. The highest BCUT2D eigenvalue weighted by Crippen LogP contribution is 2.65. The Morgan fingerprint density at radius 1 is 0.820 bits per heavy atom. The Labute approximate surface area is 354 Å². The Morgan fingerprint density at radius 2 is 1.56 bits per heavy atom. The number of anilines is 2. The van der Waals surface area contributed by atoms with E-state index in [1.807, 2.05) is 24.3 Å². The zero-order valence-electron chi connectivity index (χ0n) is 32.9. The van der Waals surface area contributed by atoms with Crippen molar-refractivity contribution in [2.45, 2.75) is 24.2 Å². The lowest BCUT2D eigenvalue weighted by Gasteiger charge is -2.50. The van der Waals surface area contributed by atoms with Gasteiger partial charge in [-0.2, -0.15) is 5.01 Å². The van der Waals surface area contributed by atoms with Crippen LogP contribution in [0.3, 0.4) is 0 Å². The lowest BCUT2D eigenvalue weighted by atomic mass is 9.49. The third kappa shape index (κ3) is 6.35. The van der Waals surface area contributed by atoms with Gasteiger partial charge in [0.1, 0.15) is 17.3 Å². The SMILES string of the molecule is COc1ccc(OC)c(C=Cc2ccc(N3C(=O)C4CC=C5C(CC6C(=O)N(Nc7ccc(F)cc7)C(=O)C6(c6ccc(Cl)cc6)C5c5cccc(F)c5O)C4C3=O)cc2)c1. The maximum absolute atomic E-state index is 15.4. The Morgan fingerprint density at radius 3 is 2.26 bits per heavy atom. The summed E-state index contributed by atoms with van der Waals surface area (Å²) in [7, 11) is 3.16. The summed E-state index contributed by atoms with van der Waals surface area (Å²) in [6.45, 7) is 0. The molecular weight excluding hydrogens is 804 g/mol. The fraction of sp³-hybridized carbons (Fsp3) is 0.208. The number of fused-ring (bicyclic) bond motifs is 4. The van der Waals surface area contributed by atoms with E-state index in [0.29, 0.717) is 33.3 Å². The van der Waals surface area contributed by atoms with E-state index in [0.717, 1.165) is 22.2 Å². The second-order valence-corrected chi connectivity index (χ2v) is 16.0. The summed E-state index contributed by atoms with van der Waals surface area (Å²) in [5, 5.41) is 12.7.